The van der Waals surface area contributed by atoms with E-state index in [0.717, 1.165) is 31.1 Å². The first-order valence-corrected chi connectivity index (χ1v) is 7.75. The molecule has 0 amide bonds. The molecule has 0 aliphatic carbocycles. The Hall–Kier alpha value is -1.89. The largest absolute Gasteiger partial charge is 0.416 e. The van der Waals surface area contributed by atoms with Crippen molar-refractivity contribution in [1.29, 1.82) is 0 Å². The van der Waals surface area contributed by atoms with Crippen molar-refractivity contribution in [3.63, 3.8) is 0 Å². The summed E-state index contributed by atoms with van der Waals surface area (Å²) >= 11 is 0. The number of benzene rings is 1. The van der Waals surface area contributed by atoms with Gasteiger partial charge in [0.05, 0.1) is 18.7 Å². The van der Waals surface area contributed by atoms with Gasteiger partial charge in [0.1, 0.15) is 0 Å². The fourth-order valence-corrected chi connectivity index (χ4v) is 2.84. The van der Waals surface area contributed by atoms with Gasteiger partial charge in [-0.3, -0.25) is 0 Å². The van der Waals surface area contributed by atoms with E-state index in [1.54, 1.807) is 6.07 Å². The van der Waals surface area contributed by atoms with E-state index in [9.17, 15) is 13.2 Å². The summed E-state index contributed by atoms with van der Waals surface area (Å²) in [4.78, 5) is 5.63. The van der Waals surface area contributed by atoms with Crippen LogP contribution >= 0.6 is 0 Å². The molecule has 124 valence electrons. The van der Waals surface area contributed by atoms with Crippen molar-refractivity contribution >= 4 is 0 Å². The van der Waals surface area contributed by atoms with Crippen molar-refractivity contribution in [2.45, 2.75) is 32.5 Å². The molecule has 1 aromatic carbocycles. The Morgan fingerprint density at radius 1 is 1.26 bits per heavy atom. The van der Waals surface area contributed by atoms with Crippen LogP contribution in [0.25, 0.3) is 11.4 Å². The monoisotopic (exact) mass is 326 g/mol. The Kier molecular flexibility index (Phi) is 4.39. The van der Waals surface area contributed by atoms with E-state index in [0.29, 0.717) is 18.0 Å². The number of alkyl halides is 3. The summed E-state index contributed by atoms with van der Waals surface area (Å²) in [6, 6.07) is 4.98. The van der Waals surface area contributed by atoms with E-state index in [1.807, 2.05) is 0 Å². The molecule has 2 heterocycles. The average Bonchev–Trinajstić information content (AvgIpc) is 2.97. The number of likely N-dealkylation sites (tertiary alicyclic amines) is 1. The molecule has 1 saturated heterocycles. The molecule has 0 atom stereocenters. The van der Waals surface area contributed by atoms with Gasteiger partial charge in [0.2, 0.25) is 5.82 Å². The highest BCUT2D eigenvalue weighted by molar-refractivity contribution is 5.55. The summed E-state index contributed by atoms with van der Waals surface area (Å²) in [5.41, 5.74) is -0.394. The summed E-state index contributed by atoms with van der Waals surface area (Å²) < 4.78 is 43.5. The molecule has 2 aromatic rings. The Bertz CT molecular complexity index is 661. The van der Waals surface area contributed by atoms with Gasteiger partial charge in [0.15, 0.2) is 6.54 Å². The first-order valence-electron chi connectivity index (χ1n) is 7.75. The Labute approximate surface area is 132 Å². The summed E-state index contributed by atoms with van der Waals surface area (Å²) in [6.45, 7) is 4.98. The van der Waals surface area contributed by atoms with Crippen LogP contribution in [0.15, 0.2) is 28.8 Å². The van der Waals surface area contributed by atoms with E-state index in [-0.39, 0.29) is 5.82 Å². The summed E-state index contributed by atoms with van der Waals surface area (Å²) in [7, 11) is 0. The molecule has 4 nitrogen and oxygen atoms in total. The first-order chi connectivity index (χ1) is 10.9. The van der Waals surface area contributed by atoms with Gasteiger partial charge >= 0.3 is 6.18 Å². The number of nitrogens with one attached hydrogen (secondary N) is 1. The van der Waals surface area contributed by atoms with Crippen LogP contribution < -0.4 is 4.90 Å². The van der Waals surface area contributed by atoms with Gasteiger partial charge in [-0.05, 0) is 30.9 Å². The third-order valence-corrected chi connectivity index (χ3v) is 4.30. The van der Waals surface area contributed by atoms with Crippen LogP contribution in [0.5, 0.6) is 0 Å². The van der Waals surface area contributed by atoms with Gasteiger partial charge < -0.3 is 9.42 Å². The van der Waals surface area contributed by atoms with Crippen LogP contribution in [0.2, 0.25) is 0 Å². The van der Waals surface area contributed by atoms with E-state index in [2.05, 4.69) is 17.1 Å². The number of hydrogen-bond donors (Lipinski definition) is 1. The number of quaternary nitrogens is 1. The van der Waals surface area contributed by atoms with E-state index in [4.69, 9.17) is 4.52 Å². The number of nitrogens with zero attached hydrogens (tertiary/aromatic N) is 2. The lowest BCUT2D eigenvalue weighted by Crippen LogP contribution is -3.11. The number of rotatable bonds is 3. The van der Waals surface area contributed by atoms with Crippen molar-refractivity contribution in [3.8, 4) is 11.4 Å². The minimum atomic E-state index is -4.38. The van der Waals surface area contributed by atoms with Crippen molar-refractivity contribution in [1.82, 2.24) is 10.1 Å². The molecule has 1 N–H and O–H groups in total. The summed E-state index contributed by atoms with van der Waals surface area (Å²) in [6.07, 6.45) is -2.04. The van der Waals surface area contributed by atoms with Crippen LogP contribution in [-0.4, -0.2) is 23.2 Å². The second-order valence-electron chi connectivity index (χ2n) is 6.20. The fourth-order valence-electron chi connectivity index (χ4n) is 2.84. The zero-order valence-electron chi connectivity index (χ0n) is 12.9. The highest BCUT2D eigenvalue weighted by Gasteiger charge is 2.31. The number of piperidine rings is 1. The van der Waals surface area contributed by atoms with Gasteiger partial charge in [-0.1, -0.05) is 24.2 Å². The molecule has 0 spiro atoms. The minimum Gasteiger partial charge on any atom is -0.333 e. The molecule has 0 bridgehead atoms. The van der Waals surface area contributed by atoms with Crippen molar-refractivity contribution < 1.29 is 22.6 Å². The van der Waals surface area contributed by atoms with Crippen LogP contribution in [-0.2, 0) is 12.7 Å². The fraction of sp³-hybridized carbons (Fsp3) is 0.500. The van der Waals surface area contributed by atoms with Gasteiger partial charge in [-0.2, -0.15) is 18.2 Å². The van der Waals surface area contributed by atoms with Crippen molar-refractivity contribution in [3.05, 3.63) is 35.7 Å². The third kappa shape index (κ3) is 3.90. The van der Waals surface area contributed by atoms with Gasteiger partial charge in [-0.25, -0.2) is 0 Å². The van der Waals surface area contributed by atoms with Crippen LogP contribution in [0.4, 0.5) is 13.2 Å². The molecule has 1 aliphatic heterocycles. The maximum Gasteiger partial charge on any atom is 0.416 e. The smallest absolute Gasteiger partial charge is 0.333 e. The van der Waals surface area contributed by atoms with Crippen molar-refractivity contribution in [2.24, 2.45) is 5.92 Å². The summed E-state index contributed by atoms with van der Waals surface area (Å²) in [5, 5.41) is 3.82. The topological polar surface area (TPSA) is 43.4 Å². The van der Waals surface area contributed by atoms with Crippen LogP contribution in [0.1, 0.15) is 31.2 Å². The highest BCUT2D eigenvalue weighted by Crippen LogP contribution is 2.31. The molecule has 0 radical (unpaired) electrons. The number of halogens is 3. The lowest BCUT2D eigenvalue weighted by molar-refractivity contribution is -0.921. The second kappa shape index (κ2) is 6.31. The van der Waals surface area contributed by atoms with E-state index in [1.165, 1.54) is 23.8 Å². The third-order valence-electron chi connectivity index (χ3n) is 4.30. The average molecular weight is 326 g/mol. The van der Waals surface area contributed by atoms with Gasteiger partial charge in [0.25, 0.3) is 5.89 Å². The van der Waals surface area contributed by atoms with E-state index < -0.39 is 11.7 Å². The minimum absolute atomic E-state index is 0.205. The first kappa shape index (κ1) is 16.0. The normalized spacial score (nSPS) is 22.3. The van der Waals surface area contributed by atoms with Crippen LogP contribution in [0.3, 0.4) is 0 Å². The molecule has 1 aromatic heterocycles. The molecule has 23 heavy (non-hydrogen) atoms. The lowest BCUT2D eigenvalue weighted by atomic mass is 9.99. The molecule has 0 saturated carbocycles. The lowest BCUT2D eigenvalue weighted by Gasteiger charge is -2.25. The second-order valence-corrected chi connectivity index (χ2v) is 6.20. The maximum absolute atomic E-state index is 12.8. The molecule has 1 aliphatic rings. The van der Waals surface area contributed by atoms with Gasteiger partial charge in [-0.15, -0.1) is 0 Å². The van der Waals surface area contributed by atoms with Crippen molar-refractivity contribution in [2.75, 3.05) is 13.1 Å². The van der Waals surface area contributed by atoms with Gasteiger partial charge in [0, 0.05) is 5.56 Å². The number of hydrogen-bond acceptors (Lipinski definition) is 3. The standard InChI is InChI=1S/C16H18F3N3O/c1-11-5-7-22(8-6-11)10-14-20-15(21-23-14)12-3-2-4-13(9-12)16(17,18)19/h2-4,9,11H,5-8,10H2,1H3/p+1. The zero-order valence-corrected chi connectivity index (χ0v) is 12.9. The Morgan fingerprint density at radius 3 is 2.70 bits per heavy atom. The maximum atomic E-state index is 12.8. The molecule has 1 fully saturated rings. The SMILES string of the molecule is CC1CC[NH+](Cc2nc(-c3cccc(C(F)(F)F)c3)no2)CC1. The molecule has 3 rings (SSSR count). The molecular weight excluding hydrogens is 307 g/mol. The van der Waals surface area contributed by atoms with Crippen LogP contribution in [0, 0.1) is 5.92 Å². The Morgan fingerprint density at radius 2 is 2.00 bits per heavy atom. The molecule has 0 unspecified atom stereocenters. The predicted octanol–water partition coefficient (Wildman–Crippen LogP) is 2.57. The Balaban J connectivity index is 1.72. The summed E-state index contributed by atoms with van der Waals surface area (Å²) in [5.74, 6) is 1.43. The number of aromatic nitrogens is 2. The molecular formula is C16H19F3N3O+. The molecule has 7 heteroatoms. The zero-order chi connectivity index (χ0) is 16.4. The highest BCUT2D eigenvalue weighted by atomic mass is 19.4. The van der Waals surface area contributed by atoms with E-state index >= 15 is 0 Å². The quantitative estimate of drug-likeness (QED) is 0.943. The predicted molar refractivity (Wildman–Crippen MR) is 77.5 cm³/mol.